The van der Waals surface area contributed by atoms with Gasteiger partial charge in [0, 0.05) is 5.25 Å². The van der Waals surface area contributed by atoms with Crippen LogP contribution in [-0.4, -0.2) is 17.8 Å². The molecule has 0 saturated carbocycles. The Kier molecular flexibility index (Phi) is 2.92. The Labute approximate surface area is 94.7 Å². The second kappa shape index (κ2) is 4.05. The first-order valence-corrected chi connectivity index (χ1v) is 8.11. The molecule has 0 bridgehead atoms. The van der Waals surface area contributed by atoms with Crippen molar-refractivity contribution in [3.05, 3.63) is 47.4 Å². The molecule has 0 saturated heterocycles. The van der Waals surface area contributed by atoms with E-state index >= 15 is 0 Å². The zero-order valence-electron chi connectivity index (χ0n) is 9.81. The molecule has 1 heterocycles. The molecule has 1 aliphatic heterocycles. The smallest absolute Gasteiger partial charge is 0.00173 e. The van der Waals surface area contributed by atoms with Crippen LogP contribution in [0.25, 0.3) is 0 Å². The Morgan fingerprint density at radius 2 is 1.80 bits per heavy atom. The van der Waals surface area contributed by atoms with Crippen LogP contribution in [0.3, 0.4) is 0 Å². The molecule has 2 rings (SSSR count). The van der Waals surface area contributed by atoms with Crippen molar-refractivity contribution in [2.75, 3.05) is 12.5 Å². The highest BCUT2D eigenvalue weighted by Gasteiger charge is 2.31. The van der Waals surface area contributed by atoms with E-state index in [1.54, 1.807) is 0 Å². The maximum atomic E-state index is 2.46. The molecule has 0 aliphatic carbocycles. The quantitative estimate of drug-likeness (QED) is 0.710. The zero-order chi connectivity index (χ0) is 10.9. The van der Waals surface area contributed by atoms with Crippen molar-refractivity contribution in [3.63, 3.8) is 0 Å². The molecule has 2 atom stereocenters. The molecule has 0 aromatic heterocycles. The highest BCUT2D eigenvalue weighted by atomic mass is 32.3. The summed E-state index contributed by atoms with van der Waals surface area (Å²) >= 11 is 0. The summed E-state index contributed by atoms with van der Waals surface area (Å²) in [6.07, 6.45) is 8.50. The van der Waals surface area contributed by atoms with Crippen molar-refractivity contribution >= 4 is 10.0 Å². The Morgan fingerprint density at radius 3 is 2.33 bits per heavy atom. The van der Waals surface area contributed by atoms with Crippen LogP contribution in [-0.2, 0) is 6.42 Å². The number of hydrogen-bond acceptors (Lipinski definition) is 0. The fourth-order valence-corrected chi connectivity index (χ4v) is 5.03. The van der Waals surface area contributed by atoms with Gasteiger partial charge in [-0.1, -0.05) is 48.7 Å². The number of allylic oxidation sites excluding steroid dienone is 1. The molecular formula is C14H20S. The van der Waals surface area contributed by atoms with E-state index in [1.807, 2.05) is 0 Å². The lowest BCUT2D eigenvalue weighted by atomic mass is 10.0. The van der Waals surface area contributed by atoms with Crippen LogP contribution in [0, 0.1) is 5.92 Å². The van der Waals surface area contributed by atoms with Crippen molar-refractivity contribution in [2.24, 2.45) is 5.92 Å². The lowest BCUT2D eigenvalue weighted by Crippen LogP contribution is -2.20. The highest BCUT2D eigenvalue weighted by molar-refractivity contribution is 8.35. The summed E-state index contributed by atoms with van der Waals surface area (Å²) in [6.45, 7) is 2.35. The SMILES string of the molecule is CC1C=CS(C)(C)C1Cc1ccccc1. The predicted molar refractivity (Wildman–Crippen MR) is 71.7 cm³/mol. The summed E-state index contributed by atoms with van der Waals surface area (Å²) in [5.41, 5.74) is 1.48. The molecule has 0 spiro atoms. The van der Waals surface area contributed by atoms with E-state index in [-0.39, 0.29) is 0 Å². The van der Waals surface area contributed by atoms with Crippen molar-refractivity contribution in [1.29, 1.82) is 0 Å². The number of hydrogen-bond donors (Lipinski definition) is 0. The lowest BCUT2D eigenvalue weighted by Gasteiger charge is -2.34. The largest absolute Gasteiger partial charge is 0.223 e. The van der Waals surface area contributed by atoms with Gasteiger partial charge in [0.15, 0.2) is 0 Å². The van der Waals surface area contributed by atoms with Gasteiger partial charge in [-0.15, -0.1) is 0 Å². The second-order valence-corrected chi connectivity index (χ2v) is 8.75. The molecule has 0 amide bonds. The lowest BCUT2D eigenvalue weighted by molar-refractivity contribution is 0.673. The number of benzene rings is 1. The van der Waals surface area contributed by atoms with Crippen molar-refractivity contribution in [3.8, 4) is 0 Å². The summed E-state index contributed by atoms with van der Waals surface area (Å²) in [4.78, 5) is 0. The van der Waals surface area contributed by atoms with Gasteiger partial charge in [-0.25, -0.2) is 10.0 Å². The van der Waals surface area contributed by atoms with Gasteiger partial charge in [0.25, 0.3) is 0 Å². The molecular weight excluding hydrogens is 200 g/mol. The molecule has 15 heavy (non-hydrogen) atoms. The Hall–Kier alpha value is -0.690. The molecule has 1 aromatic carbocycles. The van der Waals surface area contributed by atoms with Crippen LogP contribution in [0.1, 0.15) is 12.5 Å². The minimum atomic E-state index is -0.515. The summed E-state index contributed by atoms with van der Waals surface area (Å²) < 4.78 is 0. The normalized spacial score (nSPS) is 30.3. The van der Waals surface area contributed by atoms with Crippen LogP contribution in [0.4, 0.5) is 0 Å². The summed E-state index contributed by atoms with van der Waals surface area (Å²) in [5.74, 6) is 0.746. The molecule has 82 valence electrons. The van der Waals surface area contributed by atoms with Gasteiger partial charge in [0.2, 0.25) is 0 Å². The monoisotopic (exact) mass is 220 g/mol. The van der Waals surface area contributed by atoms with E-state index in [4.69, 9.17) is 0 Å². The van der Waals surface area contributed by atoms with Crippen molar-refractivity contribution in [2.45, 2.75) is 18.6 Å². The summed E-state index contributed by atoms with van der Waals surface area (Å²) in [6, 6.07) is 10.9. The van der Waals surface area contributed by atoms with E-state index in [0.717, 1.165) is 11.2 Å². The molecule has 0 N–H and O–H groups in total. The second-order valence-electron chi connectivity index (χ2n) is 4.90. The first-order chi connectivity index (χ1) is 7.09. The molecule has 0 radical (unpaired) electrons. The molecule has 0 fully saturated rings. The third kappa shape index (κ3) is 2.28. The minimum Gasteiger partial charge on any atom is -0.223 e. The average Bonchev–Trinajstić information content (AvgIpc) is 2.47. The fourth-order valence-electron chi connectivity index (χ4n) is 2.35. The van der Waals surface area contributed by atoms with Crippen LogP contribution in [0.5, 0.6) is 0 Å². The van der Waals surface area contributed by atoms with Crippen LogP contribution in [0.15, 0.2) is 41.8 Å². The molecule has 1 aliphatic rings. The Bertz CT molecular complexity index is 351. The van der Waals surface area contributed by atoms with Gasteiger partial charge in [0.05, 0.1) is 0 Å². The van der Waals surface area contributed by atoms with E-state index in [1.165, 1.54) is 12.0 Å². The third-order valence-electron chi connectivity index (χ3n) is 3.38. The van der Waals surface area contributed by atoms with Crippen molar-refractivity contribution in [1.82, 2.24) is 0 Å². The Morgan fingerprint density at radius 1 is 1.13 bits per heavy atom. The maximum absolute atomic E-state index is 2.46. The number of rotatable bonds is 2. The van der Waals surface area contributed by atoms with Gasteiger partial charge in [0.1, 0.15) is 0 Å². The highest BCUT2D eigenvalue weighted by Crippen LogP contribution is 2.55. The third-order valence-corrected chi connectivity index (χ3v) is 6.39. The first-order valence-electron chi connectivity index (χ1n) is 5.54. The van der Waals surface area contributed by atoms with Gasteiger partial charge in [-0.3, -0.25) is 0 Å². The van der Waals surface area contributed by atoms with Crippen LogP contribution in [0.2, 0.25) is 0 Å². The van der Waals surface area contributed by atoms with Crippen LogP contribution >= 0.6 is 10.0 Å². The van der Waals surface area contributed by atoms with Crippen molar-refractivity contribution < 1.29 is 0 Å². The first kappa shape index (κ1) is 10.8. The Balaban J connectivity index is 2.13. The average molecular weight is 220 g/mol. The maximum Gasteiger partial charge on any atom is 0.00173 e. The van der Waals surface area contributed by atoms with Gasteiger partial charge >= 0.3 is 0 Å². The van der Waals surface area contributed by atoms with Gasteiger partial charge in [-0.05, 0) is 30.4 Å². The van der Waals surface area contributed by atoms with Gasteiger partial charge < -0.3 is 0 Å². The fraction of sp³-hybridized carbons (Fsp3) is 0.429. The molecule has 0 nitrogen and oxygen atoms in total. The molecule has 2 unspecified atom stereocenters. The predicted octanol–water partition coefficient (Wildman–Crippen LogP) is 3.83. The van der Waals surface area contributed by atoms with Gasteiger partial charge in [-0.2, -0.15) is 0 Å². The van der Waals surface area contributed by atoms with E-state index in [0.29, 0.717) is 0 Å². The standard InChI is InChI=1S/C14H20S/c1-12-9-10-15(2,3)14(12)11-13-7-5-4-6-8-13/h4-10,12,14H,11H2,1-3H3. The molecule has 1 heteroatoms. The summed E-state index contributed by atoms with van der Waals surface area (Å²) in [7, 11) is -0.515. The van der Waals surface area contributed by atoms with E-state index < -0.39 is 10.0 Å². The zero-order valence-corrected chi connectivity index (χ0v) is 10.6. The summed E-state index contributed by atoms with van der Waals surface area (Å²) in [5, 5.41) is 3.30. The van der Waals surface area contributed by atoms with E-state index in [2.05, 4.69) is 61.3 Å². The minimum absolute atomic E-state index is 0.515. The topological polar surface area (TPSA) is 0 Å². The van der Waals surface area contributed by atoms with Crippen LogP contribution < -0.4 is 0 Å². The van der Waals surface area contributed by atoms with E-state index in [9.17, 15) is 0 Å². The molecule has 1 aromatic rings.